The second-order valence-corrected chi connectivity index (χ2v) is 7.47. The van der Waals surface area contributed by atoms with E-state index in [1.807, 2.05) is 40.7 Å². The third-order valence-electron chi connectivity index (χ3n) is 5.33. The molecule has 0 radical (unpaired) electrons. The average molecular weight is 410 g/mol. The maximum atomic E-state index is 13.0. The molecule has 0 saturated heterocycles. The Morgan fingerprint density at radius 1 is 1.17 bits per heavy atom. The summed E-state index contributed by atoms with van der Waals surface area (Å²) in [6.07, 6.45) is 2.23. The van der Waals surface area contributed by atoms with E-state index in [9.17, 15) is 9.18 Å². The van der Waals surface area contributed by atoms with Gasteiger partial charge in [-0.05, 0) is 75.9 Å². The third kappa shape index (κ3) is 4.56. The molecule has 0 spiro atoms. The largest absolute Gasteiger partial charge is 0.493 e. The Kier molecular flexibility index (Phi) is 6.60. The Morgan fingerprint density at radius 2 is 1.87 bits per heavy atom. The van der Waals surface area contributed by atoms with Crippen molar-refractivity contribution in [3.8, 4) is 5.75 Å². The molecule has 3 aromatic rings. The Labute approximate surface area is 176 Å². The molecule has 0 aliphatic carbocycles. The first-order valence-electron chi connectivity index (χ1n) is 10.2. The van der Waals surface area contributed by atoms with Crippen LogP contribution in [0.2, 0.25) is 0 Å². The summed E-state index contributed by atoms with van der Waals surface area (Å²) in [6, 6.07) is 8.34. The Morgan fingerprint density at radius 3 is 2.53 bits per heavy atom. The highest BCUT2D eigenvalue weighted by atomic mass is 19.1. The van der Waals surface area contributed by atoms with E-state index < -0.39 is 0 Å². The number of carbonyl (C=O) groups is 1. The van der Waals surface area contributed by atoms with Crippen molar-refractivity contribution >= 4 is 22.4 Å². The van der Waals surface area contributed by atoms with Gasteiger partial charge in [-0.15, -0.1) is 0 Å². The van der Waals surface area contributed by atoms with E-state index in [-0.39, 0.29) is 11.7 Å². The first kappa shape index (κ1) is 21.6. The third-order valence-corrected chi connectivity index (χ3v) is 5.33. The van der Waals surface area contributed by atoms with Crippen molar-refractivity contribution < 1.29 is 18.3 Å². The summed E-state index contributed by atoms with van der Waals surface area (Å²) in [5.74, 6) is 1.19. The van der Waals surface area contributed by atoms with Crippen molar-refractivity contribution in [1.82, 2.24) is 5.32 Å². The van der Waals surface area contributed by atoms with Gasteiger partial charge in [0.1, 0.15) is 22.9 Å². The van der Waals surface area contributed by atoms with E-state index in [4.69, 9.17) is 9.15 Å². The lowest BCUT2D eigenvalue weighted by molar-refractivity contribution is -0.116. The Balaban J connectivity index is 1.81. The van der Waals surface area contributed by atoms with Crippen LogP contribution in [0.15, 0.2) is 40.8 Å². The lowest BCUT2D eigenvalue weighted by Crippen LogP contribution is -2.23. The quantitative estimate of drug-likeness (QED) is 0.513. The van der Waals surface area contributed by atoms with Gasteiger partial charge in [-0.3, -0.25) is 4.79 Å². The van der Waals surface area contributed by atoms with Crippen LogP contribution in [0, 0.1) is 26.6 Å². The summed E-state index contributed by atoms with van der Waals surface area (Å²) in [6.45, 7) is 10.8. The fraction of sp³-hybridized carbons (Fsp3) is 0.320. The van der Waals surface area contributed by atoms with Crippen LogP contribution in [0.25, 0.3) is 16.5 Å². The molecular formula is C25H28FNO3. The predicted octanol–water partition coefficient (Wildman–Crippen LogP) is 5.66. The normalized spacial score (nSPS) is 11.7. The number of allylic oxidation sites excluding steroid dienone is 1. The van der Waals surface area contributed by atoms with Crippen molar-refractivity contribution in [2.24, 2.45) is 0 Å². The number of furan rings is 1. The fourth-order valence-corrected chi connectivity index (χ4v) is 3.54. The monoisotopic (exact) mass is 409 g/mol. The average Bonchev–Trinajstić information content (AvgIpc) is 3.00. The first-order chi connectivity index (χ1) is 14.3. The Bertz CT molecular complexity index is 1090. The van der Waals surface area contributed by atoms with Crippen LogP contribution in [-0.2, 0) is 11.2 Å². The molecule has 0 aliphatic rings. The SMILES string of the molecule is CCOc1c(/C(C)=C/C(=O)NCCc2ccc(F)cc2)cc2c(C)c(C)oc2c1C. The molecule has 5 heteroatoms. The van der Waals surface area contributed by atoms with Gasteiger partial charge in [-0.2, -0.15) is 0 Å². The highest BCUT2D eigenvalue weighted by molar-refractivity contribution is 5.98. The predicted molar refractivity (Wildman–Crippen MR) is 118 cm³/mol. The van der Waals surface area contributed by atoms with E-state index >= 15 is 0 Å². The van der Waals surface area contributed by atoms with Crippen LogP contribution in [-0.4, -0.2) is 19.1 Å². The highest BCUT2D eigenvalue weighted by Gasteiger charge is 2.18. The number of rotatable bonds is 7. The topological polar surface area (TPSA) is 51.5 Å². The van der Waals surface area contributed by atoms with E-state index in [0.717, 1.165) is 50.3 Å². The van der Waals surface area contributed by atoms with E-state index in [0.29, 0.717) is 19.6 Å². The molecule has 0 bridgehead atoms. The summed E-state index contributed by atoms with van der Waals surface area (Å²) in [5.41, 5.74) is 5.54. The summed E-state index contributed by atoms with van der Waals surface area (Å²) < 4.78 is 24.8. The fourth-order valence-electron chi connectivity index (χ4n) is 3.54. The number of carbonyl (C=O) groups excluding carboxylic acids is 1. The molecule has 1 heterocycles. The van der Waals surface area contributed by atoms with Gasteiger partial charge in [-0.1, -0.05) is 12.1 Å². The molecule has 4 nitrogen and oxygen atoms in total. The van der Waals surface area contributed by atoms with Crippen LogP contribution in [0.5, 0.6) is 5.75 Å². The summed E-state index contributed by atoms with van der Waals surface area (Å²) in [7, 11) is 0. The minimum atomic E-state index is -0.262. The number of amides is 1. The van der Waals surface area contributed by atoms with E-state index in [2.05, 4.69) is 5.32 Å². The smallest absolute Gasteiger partial charge is 0.244 e. The van der Waals surface area contributed by atoms with Gasteiger partial charge in [0.15, 0.2) is 0 Å². The minimum absolute atomic E-state index is 0.171. The van der Waals surface area contributed by atoms with E-state index in [1.54, 1.807) is 18.2 Å². The number of hydrogen-bond donors (Lipinski definition) is 1. The molecule has 1 aromatic heterocycles. The van der Waals surface area contributed by atoms with Crippen LogP contribution in [0.1, 0.15) is 41.9 Å². The molecule has 1 N–H and O–H groups in total. The van der Waals surface area contributed by atoms with Crippen LogP contribution in [0.4, 0.5) is 4.39 Å². The zero-order chi connectivity index (χ0) is 21.8. The zero-order valence-corrected chi connectivity index (χ0v) is 18.2. The van der Waals surface area contributed by atoms with Gasteiger partial charge in [0.25, 0.3) is 0 Å². The van der Waals surface area contributed by atoms with Gasteiger partial charge in [0.05, 0.1) is 6.61 Å². The van der Waals surface area contributed by atoms with Gasteiger partial charge in [-0.25, -0.2) is 4.39 Å². The number of fused-ring (bicyclic) bond motifs is 1. The zero-order valence-electron chi connectivity index (χ0n) is 18.2. The van der Waals surface area contributed by atoms with Crippen molar-refractivity contribution in [3.63, 3.8) is 0 Å². The molecule has 0 saturated carbocycles. The van der Waals surface area contributed by atoms with Crippen molar-refractivity contribution in [3.05, 3.63) is 70.2 Å². The number of ether oxygens (including phenoxy) is 1. The molecule has 158 valence electrons. The van der Waals surface area contributed by atoms with Gasteiger partial charge < -0.3 is 14.5 Å². The maximum Gasteiger partial charge on any atom is 0.244 e. The molecule has 0 aliphatic heterocycles. The molecule has 0 unspecified atom stereocenters. The number of hydrogen-bond acceptors (Lipinski definition) is 3. The number of aryl methyl sites for hydroxylation is 3. The number of halogens is 1. The van der Waals surface area contributed by atoms with Gasteiger partial charge >= 0.3 is 0 Å². The first-order valence-corrected chi connectivity index (χ1v) is 10.2. The second-order valence-electron chi connectivity index (χ2n) is 7.47. The van der Waals surface area contributed by atoms with Crippen molar-refractivity contribution in [2.75, 3.05) is 13.2 Å². The number of benzene rings is 2. The lowest BCUT2D eigenvalue weighted by Gasteiger charge is -2.14. The summed E-state index contributed by atoms with van der Waals surface area (Å²) >= 11 is 0. The second kappa shape index (κ2) is 9.16. The highest BCUT2D eigenvalue weighted by Crippen LogP contribution is 2.38. The van der Waals surface area contributed by atoms with Crippen LogP contribution in [0.3, 0.4) is 0 Å². The Hall–Kier alpha value is -3.08. The molecule has 3 rings (SSSR count). The molecule has 30 heavy (non-hydrogen) atoms. The standard InChI is InChI=1S/C25H28FNO3/c1-6-29-24-17(4)25-22(16(3)18(5)30-25)14-21(24)15(2)13-23(28)27-12-11-19-7-9-20(26)10-8-19/h7-10,13-14H,6,11-12H2,1-5H3,(H,27,28)/b15-13+. The molecule has 0 fully saturated rings. The van der Waals surface area contributed by atoms with Crippen molar-refractivity contribution in [1.29, 1.82) is 0 Å². The molecule has 1 amide bonds. The molecule has 0 atom stereocenters. The van der Waals surface area contributed by atoms with E-state index in [1.165, 1.54) is 12.1 Å². The van der Waals surface area contributed by atoms with Crippen LogP contribution >= 0.6 is 0 Å². The summed E-state index contributed by atoms with van der Waals surface area (Å²) in [5, 5.41) is 3.93. The molecule has 2 aromatic carbocycles. The lowest BCUT2D eigenvalue weighted by atomic mass is 9.98. The van der Waals surface area contributed by atoms with Gasteiger partial charge in [0.2, 0.25) is 5.91 Å². The number of nitrogens with one attached hydrogen (secondary N) is 1. The summed E-state index contributed by atoms with van der Waals surface area (Å²) in [4.78, 5) is 12.5. The minimum Gasteiger partial charge on any atom is -0.493 e. The maximum absolute atomic E-state index is 13.0. The van der Waals surface area contributed by atoms with Crippen molar-refractivity contribution in [2.45, 2.75) is 41.0 Å². The van der Waals surface area contributed by atoms with Crippen LogP contribution < -0.4 is 10.1 Å². The van der Waals surface area contributed by atoms with Gasteiger partial charge in [0, 0.05) is 29.1 Å². The molecular weight excluding hydrogens is 381 g/mol.